The van der Waals surface area contributed by atoms with Crippen LogP contribution in [0.2, 0.25) is 0 Å². The maximum Gasteiger partial charge on any atom is 0.330 e. The van der Waals surface area contributed by atoms with Gasteiger partial charge >= 0.3 is 11.7 Å². The second-order valence-corrected chi connectivity index (χ2v) is 7.00. The average Bonchev–Trinajstić information content (AvgIpc) is 2.50. The molecule has 3 N–H and O–H groups in total. The molecule has 0 aliphatic rings. The molecule has 9 nitrogen and oxygen atoms in total. The fourth-order valence-corrected chi connectivity index (χ4v) is 2.42. The van der Waals surface area contributed by atoms with E-state index in [2.05, 4.69) is 4.98 Å². The molecule has 0 atom stereocenters. The standard InChI is InChI=1S/C17H30N4O5/c1-6-7-8-21-14(18)13(15(23)19-16(21)24)20(9-10-25-5)11-12(22)26-17(2,3)4/h6-11,18H2,1-5H3,(H,19,23,24). The van der Waals surface area contributed by atoms with Gasteiger partial charge in [0.25, 0.3) is 5.56 Å². The number of carbonyl (C=O) groups is 1. The van der Waals surface area contributed by atoms with Crippen molar-refractivity contribution in [2.24, 2.45) is 0 Å². The Kier molecular flexibility index (Phi) is 7.88. The third-order valence-electron chi connectivity index (χ3n) is 3.57. The van der Waals surface area contributed by atoms with Gasteiger partial charge in [-0.15, -0.1) is 0 Å². The monoisotopic (exact) mass is 370 g/mol. The molecule has 0 fully saturated rings. The molecule has 26 heavy (non-hydrogen) atoms. The Morgan fingerprint density at radius 1 is 1.31 bits per heavy atom. The van der Waals surface area contributed by atoms with Crippen LogP contribution in [0.3, 0.4) is 0 Å². The maximum atomic E-state index is 12.4. The number of unbranched alkanes of at least 4 members (excludes halogenated alkanes) is 1. The van der Waals surface area contributed by atoms with Crippen LogP contribution < -0.4 is 21.9 Å². The van der Waals surface area contributed by atoms with Crippen molar-refractivity contribution in [2.45, 2.75) is 52.7 Å². The zero-order chi connectivity index (χ0) is 19.9. The highest BCUT2D eigenvalue weighted by Gasteiger charge is 2.24. The molecule has 1 aromatic rings. The van der Waals surface area contributed by atoms with Gasteiger partial charge in [0, 0.05) is 20.2 Å². The summed E-state index contributed by atoms with van der Waals surface area (Å²) in [5.74, 6) is -0.467. The number of esters is 1. The molecular weight excluding hydrogens is 340 g/mol. The van der Waals surface area contributed by atoms with E-state index in [4.69, 9.17) is 15.2 Å². The van der Waals surface area contributed by atoms with Crippen molar-refractivity contribution in [1.29, 1.82) is 0 Å². The van der Waals surface area contributed by atoms with Crippen LogP contribution in [0.4, 0.5) is 11.5 Å². The largest absolute Gasteiger partial charge is 0.459 e. The van der Waals surface area contributed by atoms with Crippen molar-refractivity contribution in [3.05, 3.63) is 20.8 Å². The summed E-state index contributed by atoms with van der Waals surface area (Å²) in [6.07, 6.45) is 1.60. The molecule has 1 rings (SSSR count). The summed E-state index contributed by atoms with van der Waals surface area (Å²) in [6, 6.07) is 0. The smallest absolute Gasteiger partial charge is 0.330 e. The lowest BCUT2D eigenvalue weighted by molar-refractivity contribution is -0.153. The van der Waals surface area contributed by atoms with Gasteiger partial charge in [-0.2, -0.15) is 0 Å². The quantitative estimate of drug-likeness (QED) is 0.614. The fourth-order valence-electron chi connectivity index (χ4n) is 2.42. The van der Waals surface area contributed by atoms with E-state index >= 15 is 0 Å². The molecule has 0 aliphatic heterocycles. The van der Waals surface area contributed by atoms with Crippen molar-refractivity contribution in [1.82, 2.24) is 9.55 Å². The Morgan fingerprint density at radius 3 is 2.50 bits per heavy atom. The molecule has 0 aliphatic carbocycles. The Hall–Kier alpha value is -2.29. The number of nitrogens with two attached hydrogens (primary N) is 1. The zero-order valence-electron chi connectivity index (χ0n) is 16.3. The molecule has 0 saturated carbocycles. The molecule has 0 saturated heterocycles. The molecule has 0 radical (unpaired) electrons. The number of H-pyrrole nitrogens is 1. The first-order valence-corrected chi connectivity index (χ1v) is 8.69. The number of nitrogens with one attached hydrogen (secondary N) is 1. The van der Waals surface area contributed by atoms with E-state index in [9.17, 15) is 14.4 Å². The lowest BCUT2D eigenvalue weighted by Crippen LogP contribution is -2.43. The number of carbonyl (C=O) groups excluding carboxylic acids is 1. The van der Waals surface area contributed by atoms with Gasteiger partial charge in [-0.3, -0.25) is 19.1 Å². The molecule has 1 heterocycles. The van der Waals surface area contributed by atoms with Gasteiger partial charge in [0.15, 0.2) is 0 Å². The fraction of sp³-hybridized carbons (Fsp3) is 0.706. The van der Waals surface area contributed by atoms with Gasteiger partial charge in [0.2, 0.25) is 0 Å². The van der Waals surface area contributed by atoms with Gasteiger partial charge in [-0.1, -0.05) is 13.3 Å². The van der Waals surface area contributed by atoms with Gasteiger partial charge < -0.3 is 20.1 Å². The SMILES string of the molecule is CCCCn1c(N)c(N(CCOC)CC(=O)OC(C)(C)C)c(=O)[nH]c1=O. The molecule has 0 bridgehead atoms. The topological polar surface area (TPSA) is 120 Å². The highest BCUT2D eigenvalue weighted by molar-refractivity contribution is 5.78. The Morgan fingerprint density at radius 2 is 1.96 bits per heavy atom. The first-order chi connectivity index (χ1) is 12.1. The maximum absolute atomic E-state index is 12.4. The molecule has 0 spiro atoms. The third-order valence-corrected chi connectivity index (χ3v) is 3.57. The molecule has 148 valence electrons. The Labute approximate surface area is 153 Å². The van der Waals surface area contributed by atoms with Gasteiger partial charge in [0.1, 0.15) is 23.7 Å². The van der Waals surface area contributed by atoms with E-state index in [1.54, 1.807) is 20.8 Å². The van der Waals surface area contributed by atoms with E-state index in [1.807, 2.05) is 6.92 Å². The highest BCUT2D eigenvalue weighted by atomic mass is 16.6. The number of rotatable bonds is 9. The summed E-state index contributed by atoms with van der Waals surface area (Å²) in [4.78, 5) is 40.4. The van der Waals surface area contributed by atoms with Crippen molar-refractivity contribution in [3.63, 3.8) is 0 Å². The number of nitrogens with zero attached hydrogens (tertiary/aromatic N) is 2. The average molecular weight is 370 g/mol. The molecule has 0 aromatic carbocycles. The van der Waals surface area contributed by atoms with Gasteiger partial charge in [-0.05, 0) is 27.2 Å². The van der Waals surface area contributed by atoms with Crippen LogP contribution in [0.25, 0.3) is 0 Å². The lowest BCUT2D eigenvalue weighted by Gasteiger charge is -2.27. The van der Waals surface area contributed by atoms with Crippen molar-refractivity contribution < 1.29 is 14.3 Å². The molecule has 9 heteroatoms. The highest BCUT2D eigenvalue weighted by Crippen LogP contribution is 2.18. The summed E-state index contributed by atoms with van der Waals surface area (Å²) in [7, 11) is 1.52. The Bertz CT molecular complexity index is 717. The number of hydrogen-bond acceptors (Lipinski definition) is 7. The predicted octanol–water partition coefficient (Wildman–Crippen LogP) is 0.713. The minimum atomic E-state index is -0.651. The molecule has 0 unspecified atom stereocenters. The number of ether oxygens (including phenoxy) is 2. The van der Waals surface area contributed by atoms with Crippen LogP contribution in [0, 0.1) is 0 Å². The van der Waals surface area contributed by atoms with Crippen LogP contribution in [-0.2, 0) is 20.8 Å². The first-order valence-electron chi connectivity index (χ1n) is 8.69. The number of anilines is 2. The lowest BCUT2D eigenvalue weighted by atomic mass is 10.2. The summed E-state index contributed by atoms with van der Waals surface area (Å²) in [5.41, 5.74) is 4.33. The van der Waals surface area contributed by atoms with Crippen molar-refractivity contribution in [3.8, 4) is 0 Å². The number of nitrogen functional groups attached to an aromatic ring is 1. The van der Waals surface area contributed by atoms with Gasteiger partial charge in [-0.25, -0.2) is 4.79 Å². The summed E-state index contributed by atoms with van der Waals surface area (Å²) in [5, 5.41) is 0. The van der Waals surface area contributed by atoms with Gasteiger partial charge in [0.05, 0.1) is 6.61 Å². The van der Waals surface area contributed by atoms with Crippen LogP contribution in [-0.4, -0.2) is 47.9 Å². The van der Waals surface area contributed by atoms with Crippen LogP contribution in [0.5, 0.6) is 0 Å². The van der Waals surface area contributed by atoms with E-state index in [0.717, 1.165) is 12.8 Å². The van der Waals surface area contributed by atoms with E-state index in [-0.39, 0.29) is 31.2 Å². The predicted molar refractivity (Wildman–Crippen MR) is 101 cm³/mol. The van der Waals surface area contributed by atoms with E-state index < -0.39 is 22.8 Å². The Balaban J connectivity index is 3.26. The van der Waals surface area contributed by atoms with Crippen LogP contribution in [0.1, 0.15) is 40.5 Å². The number of methoxy groups -OCH3 is 1. The molecular formula is C17H30N4O5. The number of hydrogen-bond donors (Lipinski definition) is 2. The summed E-state index contributed by atoms with van der Waals surface area (Å²) >= 11 is 0. The van der Waals surface area contributed by atoms with Crippen molar-refractivity contribution in [2.75, 3.05) is 37.4 Å². The minimum absolute atomic E-state index is 0.0341. The van der Waals surface area contributed by atoms with Crippen LogP contribution >= 0.6 is 0 Å². The van der Waals surface area contributed by atoms with Crippen molar-refractivity contribution >= 4 is 17.5 Å². The normalized spacial score (nSPS) is 11.4. The molecule has 1 aromatic heterocycles. The summed E-state index contributed by atoms with van der Waals surface area (Å²) in [6.45, 7) is 7.99. The first kappa shape index (κ1) is 21.8. The minimum Gasteiger partial charge on any atom is -0.459 e. The third kappa shape index (κ3) is 6.21. The van der Waals surface area contributed by atoms with E-state index in [1.165, 1.54) is 16.6 Å². The second kappa shape index (κ2) is 9.42. The summed E-state index contributed by atoms with van der Waals surface area (Å²) < 4.78 is 11.7. The zero-order valence-corrected chi connectivity index (χ0v) is 16.3. The second-order valence-electron chi connectivity index (χ2n) is 7.00. The van der Waals surface area contributed by atoms with E-state index in [0.29, 0.717) is 6.54 Å². The molecule has 0 amide bonds. The number of aromatic nitrogens is 2. The number of aromatic amines is 1. The van der Waals surface area contributed by atoms with Crippen LogP contribution in [0.15, 0.2) is 9.59 Å².